The summed E-state index contributed by atoms with van der Waals surface area (Å²) in [6.07, 6.45) is 0. The second kappa shape index (κ2) is 18.6. The highest BCUT2D eigenvalue weighted by molar-refractivity contribution is 5.86. The predicted molar refractivity (Wildman–Crippen MR) is 283 cm³/mol. The lowest BCUT2D eigenvalue weighted by Crippen LogP contribution is -2.35. The summed E-state index contributed by atoms with van der Waals surface area (Å²) in [6.45, 7) is 13.1. The molecule has 344 valence electrons. The predicted octanol–water partition coefficient (Wildman–Crippen LogP) is 14.6. The number of anilines is 3. The van der Waals surface area contributed by atoms with Gasteiger partial charge in [-0.1, -0.05) is 254 Å². The molecular formula is C65H61NO3. The maximum Gasteiger partial charge on any atom is 0.142 e. The van der Waals surface area contributed by atoms with Crippen molar-refractivity contribution >= 4 is 17.1 Å². The second-order valence-corrected chi connectivity index (χ2v) is 20.1. The zero-order valence-corrected chi connectivity index (χ0v) is 40.4. The highest BCUT2D eigenvalue weighted by atomic mass is 16.3. The zero-order chi connectivity index (χ0) is 48.4. The van der Waals surface area contributed by atoms with Crippen LogP contribution in [0.15, 0.2) is 243 Å². The topological polar surface area (TPSA) is 63.9 Å². The van der Waals surface area contributed by atoms with Crippen LogP contribution in [0.3, 0.4) is 0 Å². The number of nitrogens with zero attached hydrogens (tertiary/aromatic N) is 1. The third kappa shape index (κ3) is 8.61. The van der Waals surface area contributed by atoms with Gasteiger partial charge in [0.15, 0.2) is 0 Å². The Balaban J connectivity index is 1.50. The van der Waals surface area contributed by atoms with Gasteiger partial charge in [-0.05, 0) is 85.7 Å². The minimum absolute atomic E-state index is 0.314. The normalized spacial score (nSPS) is 12.4. The van der Waals surface area contributed by atoms with Crippen LogP contribution in [0, 0.1) is 0 Å². The number of benzene rings is 9. The molecule has 0 fully saturated rings. The maximum atomic E-state index is 14.1. The number of rotatable bonds is 12. The van der Waals surface area contributed by atoms with Crippen LogP contribution in [0.4, 0.5) is 17.1 Å². The van der Waals surface area contributed by atoms with Gasteiger partial charge >= 0.3 is 0 Å². The molecule has 0 aliphatic rings. The van der Waals surface area contributed by atoms with E-state index in [2.05, 4.69) is 82.8 Å². The Morgan fingerprint density at radius 2 is 0.478 bits per heavy atom. The maximum absolute atomic E-state index is 14.1. The van der Waals surface area contributed by atoms with Gasteiger partial charge in [0.1, 0.15) is 16.8 Å². The van der Waals surface area contributed by atoms with Gasteiger partial charge in [0.05, 0.1) is 17.1 Å². The summed E-state index contributed by atoms with van der Waals surface area (Å²) < 4.78 is 0. The van der Waals surface area contributed by atoms with E-state index < -0.39 is 16.8 Å². The Morgan fingerprint density at radius 1 is 0.246 bits per heavy atom. The van der Waals surface area contributed by atoms with Crippen LogP contribution in [0.25, 0.3) is 0 Å². The summed E-state index contributed by atoms with van der Waals surface area (Å²) in [5.74, 6) is 0. The molecule has 9 aromatic rings. The first-order valence-electron chi connectivity index (χ1n) is 23.9. The van der Waals surface area contributed by atoms with E-state index in [-0.39, 0.29) is 10.8 Å². The van der Waals surface area contributed by atoms with Gasteiger partial charge in [0, 0.05) is 16.7 Å². The first-order chi connectivity index (χ1) is 33.2. The second-order valence-electron chi connectivity index (χ2n) is 20.1. The molecule has 3 N–H and O–H groups in total. The summed E-state index contributed by atoms with van der Waals surface area (Å²) in [4.78, 5) is 2.17. The number of para-hydroxylation sites is 1. The molecule has 0 aliphatic carbocycles. The molecule has 0 saturated carbocycles. The van der Waals surface area contributed by atoms with Crippen molar-refractivity contribution < 1.29 is 15.3 Å². The summed E-state index contributed by atoms with van der Waals surface area (Å²) in [5.41, 5.74) is 4.27. The van der Waals surface area contributed by atoms with Crippen LogP contribution >= 0.6 is 0 Å². The Hall–Kier alpha value is -7.34. The molecule has 0 saturated heterocycles. The SMILES string of the molecule is CC(C)(C)c1ccc(N(c2ccccc2C(O)(c2ccccc2)c2ccccc2)c2ccc(C(C)(C)C)cc2C(O)(c2ccccc2)c2ccccc2)c(C(O)(c2ccccc2)c2ccccc2)c1. The first kappa shape index (κ1) is 46.8. The Morgan fingerprint density at radius 3 is 0.754 bits per heavy atom. The fraction of sp³-hybridized carbons (Fsp3) is 0.169. The van der Waals surface area contributed by atoms with E-state index in [0.717, 1.165) is 11.1 Å². The molecule has 0 atom stereocenters. The van der Waals surface area contributed by atoms with Gasteiger partial charge in [-0.3, -0.25) is 0 Å². The summed E-state index contributed by atoms with van der Waals surface area (Å²) in [7, 11) is 0. The lowest BCUT2D eigenvalue weighted by Gasteiger charge is -2.42. The molecule has 0 spiro atoms. The van der Waals surface area contributed by atoms with E-state index in [0.29, 0.717) is 67.1 Å². The molecule has 0 amide bonds. The third-order valence-corrected chi connectivity index (χ3v) is 13.7. The average molecular weight is 904 g/mol. The molecule has 9 aromatic carbocycles. The minimum Gasteiger partial charge on any atom is -0.376 e. The van der Waals surface area contributed by atoms with Crippen molar-refractivity contribution in [1.29, 1.82) is 0 Å². The average Bonchev–Trinajstić information content (AvgIpc) is 3.39. The van der Waals surface area contributed by atoms with Crippen LogP contribution in [0.2, 0.25) is 0 Å². The van der Waals surface area contributed by atoms with Crippen LogP contribution in [-0.4, -0.2) is 15.3 Å². The summed E-state index contributed by atoms with van der Waals surface area (Å²) in [5, 5.41) is 42.2. The van der Waals surface area contributed by atoms with Crippen molar-refractivity contribution in [2.75, 3.05) is 4.90 Å². The van der Waals surface area contributed by atoms with Gasteiger partial charge < -0.3 is 20.2 Å². The van der Waals surface area contributed by atoms with E-state index in [1.165, 1.54) is 0 Å². The summed E-state index contributed by atoms with van der Waals surface area (Å²) >= 11 is 0. The fourth-order valence-electron chi connectivity index (χ4n) is 9.85. The molecule has 4 heteroatoms. The zero-order valence-electron chi connectivity index (χ0n) is 40.4. The fourth-order valence-corrected chi connectivity index (χ4v) is 9.85. The number of aliphatic hydroxyl groups is 3. The van der Waals surface area contributed by atoms with Crippen LogP contribution in [0.5, 0.6) is 0 Å². The van der Waals surface area contributed by atoms with Crippen molar-refractivity contribution in [3.8, 4) is 0 Å². The van der Waals surface area contributed by atoms with Crippen molar-refractivity contribution in [3.63, 3.8) is 0 Å². The van der Waals surface area contributed by atoms with E-state index in [1.54, 1.807) is 0 Å². The Kier molecular flexibility index (Phi) is 12.6. The lowest BCUT2D eigenvalue weighted by molar-refractivity contribution is 0.125. The highest BCUT2D eigenvalue weighted by Crippen LogP contribution is 2.53. The highest BCUT2D eigenvalue weighted by Gasteiger charge is 2.44. The van der Waals surface area contributed by atoms with Gasteiger partial charge in [-0.25, -0.2) is 0 Å². The van der Waals surface area contributed by atoms with E-state index in [9.17, 15) is 15.3 Å². The largest absolute Gasteiger partial charge is 0.376 e. The number of hydrogen-bond donors (Lipinski definition) is 3. The van der Waals surface area contributed by atoms with Crippen molar-refractivity contribution in [2.45, 2.75) is 69.2 Å². The molecule has 0 aromatic heterocycles. The van der Waals surface area contributed by atoms with Crippen molar-refractivity contribution in [1.82, 2.24) is 0 Å². The van der Waals surface area contributed by atoms with E-state index >= 15 is 0 Å². The van der Waals surface area contributed by atoms with Gasteiger partial charge in [0.2, 0.25) is 0 Å². The third-order valence-electron chi connectivity index (χ3n) is 13.7. The van der Waals surface area contributed by atoms with Crippen LogP contribution in [-0.2, 0) is 27.6 Å². The van der Waals surface area contributed by atoms with E-state index in [4.69, 9.17) is 0 Å². The Labute approximate surface area is 408 Å². The van der Waals surface area contributed by atoms with E-state index in [1.807, 2.05) is 206 Å². The Bertz CT molecular complexity index is 2870. The van der Waals surface area contributed by atoms with Crippen LogP contribution in [0.1, 0.15) is 103 Å². The van der Waals surface area contributed by atoms with Crippen molar-refractivity contribution in [2.24, 2.45) is 0 Å². The molecule has 4 nitrogen and oxygen atoms in total. The van der Waals surface area contributed by atoms with Gasteiger partial charge in [-0.15, -0.1) is 0 Å². The smallest absolute Gasteiger partial charge is 0.142 e. The molecule has 0 bridgehead atoms. The molecular weight excluding hydrogens is 843 g/mol. The monoisotopic (exact) mass is 903 g/mol. The van der Waals surface area contributed by atoms with Gasteiger partial charge in [0.25, 0.3) is 0 Å². The minimum atomic E-state index is -1.71. The van der Waals surface area contributed by atoms with Crippen LogP contribution < -0.4 is 4.90 Å². The molecule has 0 heterocycles. The van der Waals surface area contributed by atoms with Crippen molar-refractivity contribution in [3.05, 3.63) is 304 Å². The molecule has 0 unspecified atom stereocenters. The molecule has 0 radical (unpaired) electrons. The summed E-state index contributed by atoms with van der Waals surface area (Å²) in [6, 6.07) is 79.9. The molecule has 9 rings (SSSR count). The molecule has 0 aliphatic heterocycles. The lowest BCUT2D eigenvalue weighted by atomic mass is 9.75. The standard InChI is InChI=1S/C65H61NO3/c1-61(2,3)53-41-43-59(56(45-53)64(68,49-31-17-9-18-32-49)50-33-19-10-20-34-50)66(58-40-26-25-39-55(58)63(67,47-27-13-7-14-28-47)48-29-15-8-16-30-48)60-44-42-54(62(4,5)6)46-57(60)65(69,51-35-21-11-22-36-51)52-37-23-12-24-38-52/h7-46,67-69H,1-6H3. The molecule has 69 heavy (non-hydrogen) atoms. The quantitative estimate of drug-likeness (QED) is 0.107. The van der Waals surface area contributed by atoms with Gasteiger partial charge in [-0.2, -0.15) is 0 Å². The first-order valence-corrected chi connectivity index (χ1v) is 23.9. The number of hydrogen-bond acceptors (Lipinski definition) is 4.